The van der Waals surface area contributed by atoms with Crippen LogP contribution in [0, 0.1) is 0 Å². The lowest BCUT2D eigenvalue weighted by molar-refractivity contribution is -0.135. The Morgan fingerprint density at radius 3 is 2.54 bits per heavy atom. The SMILES string of the molecule is CCOC(=O)/C=c1/s/c(=C\c2ccccc2OC(F)F)c(=O)n1CC(=O)NC1CCCCCCC1. The Kier molecular flexibility index (Phi) is 10.0. The zero-order chi connectivity index (χ0) is 25.2. The molecule has 0 spiro atoms. The van der Waals surface area contributed by atoms with E-state index in [0.29, 0.717) is 0 Å². The summed E-state index contributed by atoms with van der Waals surface area (Å²) in [6.45, 7) is -1.46. The van der Waals surface area contributed by atoms with Crippen LogP contribution >= 0.6 is 11.3 Å². The molecule has 1 saturated carbocycles. The van der Waals surface area contributed by atoms with E-state index in [2.05, 4.69) is 10.1 Å². The molecular formula is C25H30F2N2O5S. The standard InChI is InChI=1S/C25H30F2N2O5S/c1-2-33-23(31)15-22-29(16-21(30)28-18-11-6-4-3-5-7-12-18)24(32)20(35-22)14-17-10-8-9-13-19(17)34-25(26)27/h8-10,13-15,18,25H,2-7,11-12,16H2,1H3,(H,28,30)/b20-14-,22-15+. The minimum absolute atomic E-state index is 0.0547. The second-order valence-corrected chi connectivity index (χ2v) is 9.32. The number of hydrogen-bond donors (Lipinski definition) is 1. The number of carbonyl (C=O) groups is 2. The molecule has 1 amide bonds. The quantitative estimate of drug-likeness (QED) is 0.555. The number of carbonyl (C=O) groups excluding carboxylic acids is 2. The Morgan fingerprint density at radius 1 is 1.17 bits per heavy atom. The molecule has 35 heavy (non-hydrogen) atoms. The molecule has 3 rings (SSSR count). The predicted molar refractivity (Wildman–Crippen MR) is 130 cm³/mol. The van der Waals surface area contributed by atoms with E-state index in [0.717, 1.165) is 55.9 Å². The number of rotatable bonds is 8. The molecule has 10 heteroatoms. The maximum Gasteiger partial charge on any atom is 0.387 e. The summed E-state index contributed by atoms with van der Waals surface area (Å²) in [5.74, 6) is -1.04. The van der Waals surface area contributed by atoms with Gasteiger partial charge in [-0.15, -0.1) is 11.3 Å². The molecule has 0 atom stereocenters. The van der Waals surface area contributed by atoms with Gasteiger partial charge in [0.15, 0.2) is 0 Å². The van der Waals surface area contributed by atoms with Gasteiger partial charge in [-0.05, 0) is 31.9 Å². The van der Waals surface area contributed by atoms with E-state index in [4.69, 9.17) is 4.74 Å². The summed E-state index contributed by atoms with van der Waals surface area (Å²) in [5.41, 5.74) is -0.231. The second kappa shape index (κ2) is 13.2. The van der Waals surface area contributed by atoms with Crippen molar-refractivity contribution in [1.82, 2.24) is 9.88 Å². The average molecular weight is 509 g/mol. The van der Waals surface area contributed by atoms with E-state index in [9.17, 15) is 23.2 Å². The minimum Gasteiger partial charge on any atom is -0.463 e. The molecular weight excluding hydrogens is 478 g/mol. The van der Waals surface area contributed by atoms with Crippen molar-refractivity contribution in [2.45, 2.75) is 71.1 Å². The number of nitrogens with zero attached hydrogens (tertiary/aromatic N) is 1. The van der Waals surface area contributed by atoms with Crippen molar-refractivity contribution < 1.29 is 27.8 Å². The zero-order valence-electron chi connectivity index (χ0n) is 19.6. The number of aromatic nitrogens is 1. The lowest BCUT2D eigenvalue weighted by Crippen LogP contribution is -2.42. The molecule has 0 bridgehead atoms. The third-order valence-corrected chi connectivity index (χ3v) is 6.72. The van der Waals surface area contributed by atoms with Crippen molar-refractivity contribution in [1.29, 1.82) is 0 Å². The van der Waals surface area contributed by atoms with Crippen LogP contribution in [-0.4, -0.2) is 35.7 Å². The molecule has 0 radical (unpaired) electrons. The molecule has 0 unspecified atom stereocenters. The van der Waals surface area contributed by atoms with Gasteiger partial charge in [0.2, 0.25) is 5.91 Å². The number of hydrogen-bond acceptors (Lipinski definition) is 6. The van der Waals surface area contributed by atoms with Crippen LogP contribution in [0.25, 0.3) is 12.2 Å². The van der Waals surface area contributed by atoms with Gasteiger partial charge in [0.05, 0.1) is 17.2 Å². The van der Waals surface area contributed by atoms with Crippen LogP contribution in [-0.2, 0) is 20.9 Å². The number of alkyl halides is 2. The van der Waals surface area contributed by atoms with Crippen molar-refractivity contribution in [3.63, 3.8) is 0 Å². The fourth-order valence-corrected chi connectivity index (χ4v) is 5.06. The molecule has 1 heterocycles. The molecule has 1 aliphatic carbocycles. The molecule has 1 aromatic heterocycles. The molecule has 1 aliphatic rings. The molecule has 1 aromatic carbocycles. The molecule has 1 fully saturated rings. The van der Waals surface area contributed by atoms with E-state index in [1.165, 1.54) is 29.2 Å². The summed E-state index contributed by atoms with van der Waals surface area (Å²) in [6, 6.07) is 6.14. The normalized spacial score (nSPS) is 16.1. The summed E-state index contributed by atoms with van der Waals surface area (Å²) in [4.78, 5) is 38.1. The summed E-state index contributed by atoms with van der Waals surface area (Å²) in [7, 11) is 0. The van der Waals surface area contributed by atoms with Gasteiger partial charge >= 0.3 is 12.6 Å². The second-order valence-electron chi connectivity index (χ2n) is 8.26. The van der Waals surface area contributed by atoms with Crippen molar-refractivity contribution in [2.24, 2.45) is 0 Å². The average Bonchev–Trinajstić information content (AvgIpc) is 3.05. The molecule has 7 nitrogen and oxygen atoms in total. The van der Waals surface area contributed by atoms with E-state index in [1.807, 2.05) is 0 Å². The van der Waals surface area contributed by atoms with Gasteiger partial charge in [0.25, 0.3) is 5.56 Å². The molecule has 0 saturated heterocycles. The van der Waals surface area contributed by atoms with Gasteiger partial charge in [-0.3, -0.25) is 14.2 Å². The smallest absolute Gasteiger partial charge is 0.387 e. The topological polar surface area (TPSA) is 86.6 Å². The Bertz CT molecular complexity index is 1180. The minimum atomic E-state index is -3.02. The molecule has 2 aromatic rings. The van der Waals surface area contributed by atoms with Crippen LogP contribution in [0.4, 0.5) is 8.78 Å². The number of benzene rings is 1. The summed E-state index contributed by atoms with van der Waals surface area (Å²) < 4.78 is 36.7. The Hall–Kier alpha value is -3.01. The highest BCUT2D eigenvalue weighted by atomic mass is 32.1. The maximum absolute atomic E-state index is 13.2. The number of nitrogens with one attached hydrogen (secondary N) is 1. The van der Waals surface area contributed by atoms with E-state index in [1.54, 1.807) is 19.1 Å². The first-order valence-electron chi connectivity index (χ1n) is 11.8. The van der Waals surface area contributed by atoms with E-state index >= 15 is 0 Å². The Labute approximate surface area is 206 Å². The number of thiazole rings is 1. The highest BCUT2D eigenvalue weighted by molar-refractivity contribution is 7.07. The maximum atomic E-state index is 13.2. The van der Waals surface area contributed by atoms with Gasteiger partial charge in [0.1, 0.15) is 17.0 Å². The van der Waals surface area contributed by atoms with Crippen molar-refractivity contribution in [2.75, 3.05) is 6.61 Å². The molecule has 0 aliphatic heterocycles. The number of para-hydroxylation sites is 1. The number of esters is 1. The van der Waals surface area contributed by atoms with Crippen LogP contribution in [0.15, 0.2) is 29.1 Å². The monoisotopic (exact) mass is 508 g/mol. The zero-order valence-corrected chi connectivity index (χ0v) is 20.5. The number of amides is 1. The number of halogens is 2. The van der Waals surface area contributed by atoms with Gasteiger partial charge < -0.3 is 14.8 Å². The van der Waals surface area contributed by atoms with Crippen LogP contribution < -0.4 is 24.8 Å². The van der Waals surface area contributed by atoms with Crippen LogP contribution in [0.3, 0.4) is 0 Å². The van der Waals surface area contributed by atoms with E-state index in [-0.39, 0.29) is 45.6 Å². The Morgan fingerprint density at radius 2 is 1.86 bits per heavy atom. The van der Waals surface area contributed by atoms with Crippen LogP contribution in [0.5, 0.6) is 5.75 Å². The first-order valence-corrected chi connectivity index (χ1v) is 12.6. The van der Waals surface area contributed by atoms with Gasteiger partial charge in [-0.1, -0.05) is 50.3 Å². The highest BCUT2D eigenvalue weighted by Gasteiger charge is 2.17. The first-order chi connectivity index (χ1) is 16.9. The lowest BCUT2D eigenvalue weighted by Gasteiger charge is -2.21. The van der Waals surface area contributed by atoms with Crippen LogP contribution in [0.1, 0.15) is 57.4 Å². The van der Waals surface area contributed by atoms with Crippen molar-refractivity contribution in [3.8, 4) is 5.75 Å². The van der Waals surface area contributed by atoms with Crippen molar-refractivity contribution in [3.05, 3.63) is 49.4 Å². The van der Waals surface area contributed by atoms with Crippen LogP contribution in [0.2, 0.25) is 0 Å². The summed E-state index contributed by atoms with van der Waals surface area (Å²) >= 11 is 0.972. The number of ether oxygens (including phenoxy) is 2. The summed E-state index contributed by atoms with van der Waals surface area (Å²) in [6.07, 6.45) is 9.96. The van der Waals surface area contributed by atoms with Gasteiger partial charge in [-0.25, -0.2) is 4.79 Å². The Balaban J connectivity index is 1.95. The third kappa shape index (κ3) is 8.02. The summed E-state index contributed by atoms with van der Waals surface area (Å²) in [5, 5.41) is 3.02. The largest absolute Gasteiger partial charge is 0.463 e. The third-order valence-electron chi connectivity index (χ3n) is 5.66. The highest BCUT2D eigenvalue weighted by Crippen LogP contribution is 2.20. The molecule has 1 N–H and O–H groups in total. The van der Waals surface area contributed by atoms with E-state index < -0.39 is 18.1 Å². The van der Waals surface area contributed by atoms with Gasteiger partial charge in [0, 0.05) is 11.6 Å². The van der Waals surface area contributed by atoms with Crippen molar-refractivity contribution >= 4 is 35.4 Å². The predicted octanol–water partition coefficient (Wildman–Crippen LogP) is 2.91. The molecule has 190 valence electrons. The fourth-order valence-electron chi connectivity index (χ4n) is 4.04. The first kappa shape index (κ1) is 26.6. The van der Waals surface area contributed by atoms with Gasteiger partial charge in [-0.2, -0.15) is 8.78 Å². The lowest BCUT2D eigenvalue weighted by atomic mass is 9.97. The fraction of sp³-hybridized carbons (Fsp3) is 0.480.